The smallest absolute Gasteiger partial charge is 0.319 e. The van der Waals surface area contributed by atoms with Gasteiger partial charge in [0.05, 0.1) is 0 Å². The topological polar surface area (TPSA) is 110 Å². The Morgan fingerprint density at radius 3 is 2.39 bits per heavy atom. The molecule has 7 heteroatoms. The zero-order valence-corrected chi connectivity index (χ0v) is 12.6. The van der Waals surface area contributed by atoms with Crippen LogP contribution in [-0.4, -0.2) is 25.0 Å². The molecule has 2 aromatic heterocycles. The first-order valence-electron chi connectivity index (χ1n) is 7.06. The lowest BCUT2D eigenvalue weighted by Gasteiger charge is -2.03. The van der Waals surface area contributed by atoms with E-state index in [9.17, 15) is 5.11 Å². The van der Waals surface area contributed by atoms with E-state index in [1.807, 2.05) is 13.0 Å². The minimum absolute atomic E-state index is 0.0887. The molecule has 2 aliphatic carbocycles. The van der Waals surface area contributed by atoms with E-state index in [1.54, 1.807) is 12.3 Å². The molecule has 2 heterocycles. The summed E-state index contributed by atoms with van der Waals surface area (Å²) in [6.07, 6.45) is 11.5. The molecule has 0 atom stereocenters. The summed E-state index contributed by atoms with van der Waals surface area (Å²) in [6, 6.07) is 3.25. The van der Waals surface area contributed by atoms with Gasteiger partial charge in [-0.3, -0.25) is 10.4 Å². The molecule has 0 aliphatic heterocycles. The molecule has 7 nitrogen and oxygen atoms in total. The summed E-state index contributed by atoms with van der Waals surface area (Å²) >= 11 is 0. The summed E-state index contributed by atoms with van der Waals surface area (Å²) in [6.45, 7) is 1.92. The fraction of sp³-hybridized carbons (Fsp3) is 0.125. The largest absolute Gasteiger partial charge is 0.479 e. The van der Waals surface area contributed by atoms with Gasteiger partial charge in [-0.05, 0) is 42.2 Å². The highest BCUT2D eigenvalue weighted by Crippen LogP contribution is 2.27. The minimum Gasteiger partial charge on any atom is -0.479 e. The highest BCUT2D eigenvalue weighted by atomic mass is 16.3. The second-order valence-electron chi connectivity index (χ2n) is 5.14. The van der Waals surface area contributed by atoms with Crippen LogP contribution in [-0.2, 0) is 0 Å². The van der Waals surface area contributed by atoms with Gasteiger partial charge in [0, 0.05) is 6.20 Å². The van der Waals surface area contributed by atoms with E-state index in [4.69, 9.17) is 5.84 Å². The first kappa shape index (κ1) is 14.9. The number of allylic oxidation sites excluding steroid dienone is 6. The maximum absolute atomic E-state index is 9.27. The Hall–Kier alpha value is -3.06. The van der Waals surface area contributed by atoms with Crippen LogP contribution in [0.15, 0.2) is 53.8 Å². The average Bonchev–Trinajstić information content (AvgIpc) is 3.20. The van der Waals surface area contributed by atoms with Crippen molar-refractivity contribution in [3.63, 3.8) is 0 Å². The SMILES string of the molecule is C1=CC2=CC=C1C2.Cc1ccnc(-c2nc(O)nc(NN)n2)c1. The van der Waals surface area contributed by atoms with Gasteiger partial charge in [0.2, 0.25) is 5.95 Å². The van der Waals surface area contributed by atoms with Crippen molar-refractivity contribution in [1.82, 2.24) is 19.9 Å². The van der Waals surface area contributed by atoms with Gasteiger partial charge in [0.25, 0.3) is 0 Å². The summed E-state index contributed by atoms with van der Waals surface area (Å²) in [5.41, 5.74) is 6.75. The highest BCUT2D eigenvalue weighted by molar-refractivity contribution is 5.52. The maximum Gasteiger partial charge on any atom is 0.319 e. The number of aryl methyl sites for hydroxylation is 1. The number of hydrazine groups is 1. The van der Waals surface area contributed by atoms with Gasteiger partial charge in [0.1, 0.15) is 5.69 Å². The average molecular weight is 308 g/mol. The van der Waals surface area contributed by atoms with Crippen LogP contribution in [0.5, 0.6) is 6.01 Å². The van der Waals surface area contributed by atoms with Crippen LogP contribution < -0.4 is 11.3 Å². The zero-order chi connectivity index (χ0) is 16.2. The van der Waals surface area contributed by atoms with Crippen molar-refractivity contribution >= 4 is 5.95 Å². The van der Waals surface area contributed by atoms with Crippen molar-refractivity contribution in [2.24, 2.45) is 5.84 Å². The lowest BCUT2D eigenvalue weighted by Crippen LogP contribution is -2.11. The molecule has 2 bridgehead atoms. The van der Waals surface area contributed by atoms with Crippen molar-refractivity contribution in [2.45, 2.75) is 13.3 Å². The molecule has 23 heavy (non-hydrogen) atoms. The third-order valence-electron chi connectivity index (χ3n) is 3.33. The second-order valence-corrected chi connectivity index (χ2v) is 5.14. The van der Waals surface area contributed by atoms with E-state index in [1.165, 1.54) is 17.6 Å². The van der Waals surface area contributed by atoms with Gasteiger partial charge in [-0.1, -0.05) is 24.3 Å². The summed E-state index contributed by atoms with van der Waals surface area (Å²) in [5, 5.41) is 9.27. The number of nitrogens with zero attached hydrogens (tertiary/aromatic N) is 4. The predicted molar refractivity (Wildman–Crippen MR) is 87.2 cm³/mol. The molecule has 0 saturated heterocycles. The Kier molecular flexibility index (Phi) is 4.11. The molecule has 2 aliphatic rings. The summed E-state index contributed by atoms with van der Waals surface area (Å²) in [4.78, 5) is 15.4. The van der Waals surface area contributed by atoms with E-state index in [0.717, 1.165) is 5.56 Å². The summed E-state index contributed by atoms with van der Waals surface area (Å²) in [7, 11) is 0. The molecule has 0 spiro atoms. The van der Waals surface area contributed by atoms with Gasteiger partial charge in [0.15, 0.2) is 5.82 Å². The fourth-order valence-corrected chi connectivity index (χ4v) is 2.21. The van der Waals surface area contributed by atoms with Crippen LogP contribution in [0, 0.1) is 6.92 Å². The number of aromatic hydroxyl groups is 1. The maximum atomic E-state index is 9.27. The number of nitrogens with two attached hydrogens (primary N) is 1. The van der Waals surface area contributed by atoms with Crippen molar-refractivity contribution in [3.8, 4) is 17.5 Å². The number of pyridine rings is 1. The van der Waals surface area contributed by atoms with Gasteiger partial charge >= 0.3 is 6.01 Å². The Morgan fingerprint density at radius 1 is 1.13 bits per heavy atom. The van der Waals surface area contributed by atoms with Crippen molar-refractivity contribution < 1.29 is 5.11 Å². The van der Waals surface area contributed by atoms with Crippen LogP contribution in [0.1, 0.15) is 12.0 Å². The number of hydrogen-bond acceptors (Lipinski definition) is 7. The van der Waals surface area contributed by atoms with E-state index in [2.05, 4.69) is 49.7 Å². The van der Waals surface area contributed by atoms with Crippen LogP contribution in [0.25, 0.3) is 11.5 Å². The van der Waals surface area contributed by atoms with Gasteiger partial charge in [-0.15, -0.1) is 0 Å². The lowest BCUT2D eigenvalue weighted by atomic mass is 10.2. The number of aromatic nitrogens is 4. The van der Waals surface area contributed by atoms with Crippen LogP contribution in [0.4, 0.5) is 5.95 Å². The molecule has 0 unspecified atom stereocenters. The Bertz CT molecular complexity index is 805. The number of fused-ring (bicyclic) bond motifs is 2. The molecule has 0 aromatic carbocycles. The first-order valence-corrected chi connectivity index (χ1v) is 7.06. The molecule has 2 aromatic rings. The molecule has 0 saturated carbocycles. The van der Waals surface area contributed by atoms with E-state index < -0.39 is 6.01 Å². The standard InChI is InChI=1S/C9H10N6O.C7H6/c1-5-2-3-11-6(4-5)7-12-8(15-10)14-9(16)13-7;1-2-7-4-3-6(1)5-7/h2-4H,10H2,1H3,(H2,12,13,14,15,16);1-4H,5H2. The van der Waals surface area contributed by atoms with Gasteiger partial charge < -0.3 is 5.11 Å². The Labute approximate surface area is 133 Å². The van der Waals surface area contributed by atoms with E-state index in [-0.39, 0.29) is 11.8 Å². The lowest BCUT2D eigenvalue weighted by molar-refractivity contribution is 0.429. The van der Waals surface area contributed by atoms with Gasteiger partial charge in [-0.25, -0.2) is 5.84 Å². The Morgan fingerprint density at radius 2 is 1.87 bits per heavy atom. The van der Waals surface area contributed by atoms with E-state index >= 15 is 0 Å². The normalized spacial score (nSPS) is 14.0. The molecule has 116 valence electrons. The fourth-order valence-electron chi connectivity index (χ4n) is 2.21. The quantitative estimate of drug-likeness (QED) is 0.575. The highest BCUT2D eigenvalue weighted by Gasteiger charge is 2.08. The predicted octanol–water partition coefficient (Wildman–Crippen LogP) is 2.05. The molecule has 0 radical (unpaired) electrons. The molecular weight excluding hydrogens is 292 g/mol. The summed E-state index contributed by atoms with van der Waals surface area (Å²) < 4.78 is 0. The number of anilines is 1. The van der Waals surface area contributed by atoms with Crippen LogP contribution in [0.3, 0.4) is 0 Å². The number of nitrogens with one attached hydrogen (secondary N) is 1. The molecule has 4 N–H and O–H groups in total. The Balaban J connectivity index is 0.000000183. The number of hydrogen-bond donors (Lipinski definition) is 3. The van der Waals surface area contributed by atoms with Crippen LogP contribution in [0.2, 0.25) is 0 Å². The minimum atomic E-state index is -0.402. The van der Waals surface area contributed by atoms with Crippen LogP contribution >= 0.6 is 0 Å². The zero-order valence-electron chi connectivity index (χ0n) is 12.6. The summed E-state index contributed by atoms with van der Waals surface area (Å²) in [5.74, 6) is 5.52. The first-order chi connectivity index (χ1) is 11.1. The molecule has 4 rings (SSSR count). The molecular formula is C16H16N6O. The second kappa shape index (κ2) is 6.37. The third-order valence-corrected chi connectivity index (χ3v) is 3.33. The third kappa shape index (κ3) is 3.58. The molecule has 0 amide bonds. The number of nitrogen functional groups attached to an aromatic ring is 1. The van der Waals surface area contributed by atoms with Crippen molar-refractivity contribution in [2.75, 3.05) is 5.43 Å². The monoisotopic (exact) mass is 308 g/mol. The molecule has 0 fully saturated rings. The van der Waals surface area contributed by atoms with Gasteiger partial charge in [-0.2, -0.15) is 15.0 Å². The number of rotatable bonds is 2. The van der Waals surface area contributed by atoms with Crippen molar-refractivity contribution in [3.05, 3.63) is 59.3 Å². The van der Waals surface area contributed by atoms with Crippen molar-refractivity contribution in [1.29, 1.82) is 0 Å². The van der Waals surface area contributed by atoms with E-state index in [0.29, 0.717) is 5.69 Å².